The lowest BCUT2D eigenvalue weighted by molar-refractivity contribution is 0.0989. The van der Waals surface area contributed by atoms with Crippen LogP contribution in [0.3, 0.4) is 0 Å². The van der Waals surface area contributed by atoms with E-state index in [0.717, 1.165) is 20.3 Å². The Morgan fingerprint density at radius 1 is 1.50 bits per heavy atom. The molecule has 0 aliphatic heterocycles. The molecule has 0 N–H and O–H groups in total. The third-order valence-corrected chi connectivity index (χ3v) is 3.92. The Labute approximate surface area is 105 Å². The minimum Gasteiger partial charge on any atom is -0.294 e. The molecule has 1 nitrogen and oxygen atoms in total. The summed E-state index contributed by atoms with van der Waals surface area (Å²) in [5.74, 6) is 0.185. The van der Waals surface area contributed by atoms with Crippen molar-refractivity contribution in [2.24, 2.45) is 0 Å². The van der Waals surface area contributed by atoms with Crippen molar-refractivity contribution < 1.29 is 4.79 Å². The van der Waals surface area contributed by atoms with Crippen molar-refractivity contribution in [3.63, 3.8) is 0 Å². The highest BCUT2D eigenvalue weighted by atomic mass is 79.9. The molecule has 0 saturated heterocycles. The largest absolute Gasteiger partial charge is 0.294 e. The second-order valence-electron chi connectivity index (χ2n) is 2.71. The Balaban J connectivity index is 2.94. The van der Waals surface area contributed by atoms with E-state index >= 15 is 0 Å². The van der Waals surface area contributed by atoms with Gasteiger partial charge in [-0.3, -0.25) is 4.79 Å². The highest BCUT2D eigenvalue weighted by Crippen LogP contribution is 2.27. The van der Waals surface area contributed by atoms with Crippen molar-refractivity contribution in [2.75, 3.05) is 11.6 Å². The molecule has 0 fully saturated rings. The molecular weight excluding hydrogens is 328 g/mol. The smallest absolute Gasteiger partial charge is 0.163 e. The van der Waals surface area contributed by atoms with Crippen molar-refractivity contribution >= 4 is 49.4 Å². The van der Waals surface area contributed by atoms with Crippen LogP contribution >= 0.6 is 43.6 Å². The molecule has 0 spiro atoms. The summed E-state index contributed by atoms with van der Waals surface area (Å²) in [5.41, 5.74) is 0.789. The minimum absolute atomic E-state index is 0.185. The van der Waals surface area contributed by atoms with E-state index in [-0.39, 0.29) is 5.78 Å². The molecule has 0 aliphatic rings. The summed E-state index contributed by atoms with van der Waals surface area (Å²) in [7, 11) is 0. The Morgan fingerprint density at radius 3 is 2.79 bits per heavy atom. The number of halogens is 2. The Kier molecular flexibility index (Phi) is 5.20. The third kappa shape index (κ3) is 3.11. The number of rotatable bonds is 4. The zero-order valence-corrected chi connectivity index (χ0v) is 11.7. The zero-order chi connectivity index (χ0) is 10.6. The zero-order valence-electron chi connectivity index (χ0n) is 7.72. The predicted octanol–water partition coefficient (Wildman–Crippen LogP) is 4.14. The maximum Gasteiger partial charge on any atom is 0.163 e. The number of Topliss-reactive ketones (excluding diaryl/α,β-unsaturated/α-hetero) is 1. The van der Waals surface area contributed by atoms with E-state index in [1.54, 1.807) is 11.8 Å². The van der Waals surface area contributed by atoms with Gasteiger partial charge in [-0.15, -0.1) is 11.8 Å². The number of carbonyl (C=O) groups is 1. The minimum atomic E-state index is 0.185. The summed E-state index contributed by atoms with van der Waals surface area (Å²) < 4.78 is 1.04. The summed E-state index contributed by atoms with van der Waals surface area (Å²) in [6, 6.07) is 5.71. The van der Waals surface area contributed by atoms with Gasteiger partial charge in [-0.05, 0) is 34.3 Å². The van der Waals surface area contributed by atoms with E-state index < -0.39 is 0 Å². The fraction of sp³-hybridized carbons (Fsp3) is 0.300. The lowest BCUT2D eigenvalue weighted by Crippen LogP contribution is -1.99. The molecule has 0 amide bonds. The summed E-state index contributed by atoms with van der Waals surface area (Å²) in [6.07, 6.45) is 2.55. The van der Waals surface area contributed by atoms with E-state index in [0.29, 0.717) is 6.42 Å². The molecule has 4 heteroatoms. The maximum atomic E-state index is 11.6. The van der Waals surface area contributed by atoms with Crippen molar-refractivity contribution in [3.05, 3.63) is 28.2 Å². The first-order valence-electron chi connectivity index (χ1n) is 4.11. The molecule has 0 aliphatic carbocycles. The van der Waals surface area contributed by atoms with Gasteiger partial charge in [0.05, 0.1) is 0 Å². The molecule has 0 radical (unpaired) electrons. The van der Waals surface area contributed by atoms with Gasteiger partial charge in [-0.1, -0.05) is 22.0 Å². The second-order valence-corrected chi connectivity index (χ2v) is 5.21. The van der Waals surface area contributed by atoms with Gasteiger partial charge in [0, 0.05) is 26.7 Å². The number of hydrogen-bond donors (Lipinski definition) is 0. The van der Waals surface area contributed by atoms with Crippen molar-refractivity contribution in [2.45, 2.75) is 11.3 Å². The summed E-state index contributed by atoms with van der Waals surface area (Å²) in [4.78, 5) is 12.7. The quantitative estimate of drug-likeness (QED) is 0.466. The molecule has 0 heterocycles. The maximum absolute atomic E-state index is 11.6. The number of hydrogen-bond acceptors (Lipinski definition) is 2. The van der Waals surface area contributed by atoms with Crippen molar-refractivity contribution in [1.82, 2.24) is 0 Å². The summed E-state index contributed by atoms with van der Waals surface area (Å²) >= 11 is 8.33. The van der Waals surface area contributed by atoms with Crippen LogP contribution < -0.4 is 0 Å². The Bertz CT molecular complexity index is 339. The lowest BCUT2D eigenvalue weighted by Gasteiger charge is -2.03. The van der Waals surface area contributed by atoms with Crippen LogP contribution in [-0.4, -0.2) is 17.4 Å². The normalized spacial score (nSPS) is 10.2. The summed E-state index contributed by atoms with van der Waals surface area (Å²) in [6.45, 7) is 0. The standard InChI is InChI=1S/C10H10Br2OS/c1-14-10-6-7(2-3-8(10)12)9(13)4-5-11/h2-3,6H,4-5H2,1H3. The highest BCUT2D eigenvalue weighted by Gasteiger charge is 2.07. The topological polar surface area (TPSA) is 17.1 Å². The first-order chi connectivity index (χ1) is 6.69. The molecule has 14 heavy (non-hydrogen) atoms. The Morgan fingerprint density at radius 2 is 2.21 bits per heavy atom. The van der Waals surface area contributed by atoms with E-state index in [1.165, 1.54) is 0 Å². The number of carbonyl (C=O) groups excluding carboxylic acids is 1. The van der Waals surface area contributed by atoms with Gasteiger partial charge in [0.15, 0.2) is 5.78 Å². The molecule has 0 atom stereocenters. The van der Waals surface area contributed by atoms with Crippen LogP contribution in [-0.2, 0) is 0 Å². The monoisotopic (exact) mass is 336 g/mol. The van der Waals surface area contributed by atoms with Gasteiger partial charge < -0.3 is 0 Å². The van der Waals surface area contributed by atoms with E-state index in [4.69, 9.17) is 0 Å². The third-order valence-electron chi connectivity index (χ3n) is 1.79. The Hall–Kier alpha value is 0.200. The van der Waals surface area contributed by atoms with E-state index in [2.05, 4.69) is 31.9 Å². The van der Waals surface area contributed by atoms with Crippen LogP contribution in [0, 0.1) is 0 Å². The van der Waals surface area contributed by atoms with Gasteiger partial charge in [-0.2, -0.15) is 0 Å². The average molecular weight is 338 g/mol. The van der Waals surface area contributed by atoms with Crippen LogP contribution in [0.2, 0.25) is 0 Å². The number of benzene rings is 1. The van der Waals surface area contributed by atoms with Crippen LogP contribution in [0.5, 0.6) is 0 Å². The van der Waals surface area contributed by atoms with Gasteiger partial charge >= 0.3 is 0 Å². The van der Waals surface area contributed by atoms with Gasteiger partial charge in [-0.25, -0.2) is 0 Å². The predicted molar refractivity (Wildman–Crippen MR) is 68.7 cm³/mol. The van der Waals surface area contributed by atoms with Gasteiger partial charge in [0.25, 0.3) is 0 Å². The molecule has 0 aromatic heterocycles. The molecule has 1 rings (SSSR count). The average Bonchev–Trinajstić information content (AvgIpc) is 2.19. The highest BCUT2D eigenvalue weighted by molar-refractivity contribution is 9.10. The molecular formula is C10H10Br2OS. The van der Waals surface area contributed by atoms with Crippen molar-refractivity contribution in [3.8, 4) is 0 Å². The van der Waals surface area contributed by atoms with E-state index in [9.17, 15) is 4.79 Å². The lowest BCUT2D eigenvalue weighted by atomic mass is 10.1. The molecule has 1 aromatic rings. The second kappa shape index (κ2) is 5.93. The van der Waals surface area contributed by atoms with Gasteiger partial charge in [0.1, 0.15) is 0 Å². The number of alkyl halides is 1. The number of ketones is 1. The fourth-order valence-electron chi connectivity index (χ4n) is 1.06. The van der Waals surface area contributed by atoms with Crippen LogP contribution in [0.25, 0.3) is 0 Å². The molecule has 76 valence electrons. The van der Waals surface area contributed by atoms with Gasteiger partial charge in [0.2, 0.25) is 0 Å². The molecule has 1 aromatic carbocycles. The molecule has 0 saturated carbocycles. The van der Waals surface area contributed by atoms with Crippen LogP contribution in [0.4, 0.5) is 0 Å². The first-order valence-corrected chi connectivity index (χ1v) is 7.25. The van der Waals surface area contributed by atoms with Crippen molar-refractivity contribution in [1.29, 1.82) is 0 Å². The molecule has 0 unspecified atom stereocenters. The van der Waals surface area contributed by atoms with Crippen LogP contribution in [0.15, 0.2) is 27.6 Å². The SMILES string of the molecule is CSc1cc(C(=O)CCBr)ccc1Br. The van der Waals surface area contributed by atoms with Crippen LogP contribution in [0.1, 0.15) is 16.8 Å². The van der Waals surface area contributed by atoms with E-state index in [1.807, 2.05) is 24.5 Å². The summed E-state index contributed by atoms with van der Waals surface area (Å²) in [5, 5.41) is 0.719. The molecule has 0 bridgehead atoms. The number of thioether (sulfide) groups is 1. The first kappa shape index (κ1) is 12.3. The fourth-order valence-corrected chi connectivity index (χ4v) is 2.66.